The summed E-state index contributed by atoms with van der Waals surface area (Å²) in [6.07, 6.45) is 0. The van der Waals surface area contributed by atoms with Gasteiger partial charge in [0, 0.05) is 15.6 Å². The van der Waals surface area contributed by atoms with Gasteiger partial charge in [-0.3, -0.25) is 23.5 Å². The van der Waals surface area contributed by atoms with Crippen molar-refractivity contribution in [1.29, 1.82) is 0 Å². The van der Waals surface area contributed by atoms with E-state index in [0.29, 0.717) is 32.6 Å². The van der Waals surface area contributed by atoms with Crippen LogP contribution in [0, 0.1) is 6.92 Å². The molecule has 0 saturated heterocycles. The van der Waals surface area contributed by atoms with Crippen LogP contribution in [0.15, 0.2) is 76.3 Å². The Kier molecular flexibility index (Phi) is 6.56. The molecule has 0 aliphatic carbocycles. The minimum atomic E-state index is -0.670. The fourth-order valence-corrected chi connectivity index (χ4v) is 5.64. The maximum absolute atomic E-state index is 13.8. The quantitative estimate of drug-likeness (QED) is 0.335. The Morgan fingerprint density at radius 3 is 2.50 bits per heavy atom. The summed E-state index contributed by atoms with van der Waals surface area (Å²) in [5.41, 5.74) is 6.82. The van der Waals surface area contributed by atoms with Crippen LogP contribution in [-0.4, -0.2) is 28.1 Å². The van der Waals surface area contributed by atoms with Crippen molar-refractivity contribution in [2.24, 2.45) is 5.73 Å². The van der Waals surface area contributed by atoms with E-state index in [-0.39, 0.29) is 18.7 Å². The van der Waals surface area contributed by atoms with Crippen LogP contribution in [0.2, 0.25) is 0 Å². The number of hydrogen-bond acceptors (Lipinski definition) is 6. The highest BCUT2D eigenvalue weighted by Gasteiger charge is 2.21. The number of aryl methyl sites for hydroxylation is 1. The van der Waals surface area contributed by atoms with Crippen LogP contribution in [-0.2, 0) is 17.9 Å². The summed E-state index contributed by atoms with van der Waals surface area (Å²) in [5, 5.41) is 3.51. The first kappa shape index (κ1) is 25.0. The van der Waals surface area contributed by atoms with E-state index >= 15 is 0 Å². The number of fused-ring (bicyclic) bond motifs is 3. The van der Waals surface area contributed by atoms with E-state index in [0.717, 1.165) is 14.8 Å². The van der Waals surface area contributed by atoms with Gasteiger partial charge in [-0.05, 0) is 42.3 Å². The number of benzene rings is 3. The number of carbonyl (C=O) groups excluding carboxylic acids is 2. The second-order valence-corrected chi connectivity index (χ2v) is 9.86. The SMILES string of the molecule is COc1cc(C)ccc1NC(=O)Cn1c(=O)n(Cc2ccccc2C(N)=O)c(=O)c2sc3ccccc3c21. The maximum atomic E-state index is 13.8. The number of primary amides is 1. The Bertz CT molecular complexity index is 1850. The van der Waals surface area contributed by atoms with Crippen molar-refractivity contribution >= 4 is 49.1 Å². The van der Waals surface area contributed by atoms with E-state index in [4.69, 9.17) is 10.5 Å². The molecule has 10 heteroatoms. The molecular formula is C28H24N4O5S. The van der Waals surface area contributed by atoms with Gasteiger partial charge in [0.25, 0.3) is 5.56 Å². The second-order valence-electron chi connectivity index (χ2n) is 8.81. The zero-order valence-corrected chi connectivity index (χ0v) is 21.5. The summed E-state index contributed by atoms with van der Waals surface area (Å²) in [6, 6.07) is 19.2. The number of anilines is 1. The molecule has 0 unspecified atom stereocenters. The molecule has 5 aromatic rings. The highest BCUT2D eigenvalue weighted by atomic mass is 32.1. The maximum Gasteiger partial charge on any atom is 0.332 e. The van der Waals surface area contributed by atoms with Crippen molar-refractivity contribution < 1.29 is 14.3 Å². The Morgan fingerprint density at radius 1 is 1.00 bits per heavy atom. The Balaban J connectivity index is 1.66. The zero-order valence-electron chi connectivity index (χ0n) is 20.7. The summed E-state index contributed by atoms with van der Waals surface area (Å²) in [6.45, 7) is 1.39. The second kappa shape index (κ2) is 9.98. The molecule has 0 bridgehead atoms. The molecule has 3 N–H and O–H groups in total. The topological polar surface area (TPSA) is 125 Å². The van der Waals surface area contributed by atoms with Gasteiger partial charge in [0.05, 0.1) is 24.9 Å². The van der Waals surface area contributed by atoms with Crippen molar-refractivity contribution in [1.82, 2.24) is 9.13 Å². The number of ether oxygens (including phenoxy) is 1. The number of amides is 2. The standard InChI is InChI=1S/C28H24N4O5S/c1-16-11-12-20(21(13-16)37-2)30-23(33)15-31-24-19-9-5-6-10-22(19)38-25(24)27(35)32(28(31)36)14-17-7-3-4-8-18(17)26(29)34/h3-13H,14-15H2,1-2H3,(H2,29,34)(H,30,33). The lowest BCUT2D eigenvalue weighted by atomic mass is 10.1. The van der Waals surface area contributed by atoms with Crippen LogP contribution in [0.1, 0.15) is 21.5 Å². The van der Waals surface area contributed by atoms with Gasteiger partial charge in [-0.1, -0.05) is 42.5 Å². The summed E-state index contributed by atoms with van der Waals surface area (Å²) in [7, 11) is 1.51. The predicted octanol–water partition coefficient (Wildman–Crippen LogP) is 3.48. The Morgan fingerprint density at radius 2 is 1.74 bits per heavy atom. The molecule has 9 nitrogen and oxygen atoms in total. The third-order valence-electron chi connectivity index (χ3n) is 6.28. The molecule has 38 heavy (non-hydrogen) atoms. The molecule has 3 aromatic carbocycles. The van der Waals surface area contributed by atoms with Crippen LogP contribution in [0.25, 0.3) is 20.3 Å². The minimum absolute atomic E-state index is 0.172. The first-order valence-corrected chi connectivity index (χ1v) is 12.6. The highest BCUT2D eigenvalue weighted by molar-refractivity contribution is 7.25. The lowest BCUT2D eigenvalue weighted by Crippen LogP contribution is -2.41. The van der Waals surface area contributed by atoms with Crippen molar-refractivity contribution in [3.8, 4) is 5.75 Å². The number of nitrogens with zero attached hydrogens (tertiary/aromatic N) is 2. The Hall–Kier alpha value is -4.70. The van der Waals surface area contributed by atoms with Crippen molar-refractivity contribution in [2.75, 3.05) is 12.4 Å². The lowest BCUT2D eigenvalue weighted by molar-refractivity contribution is -0.116. The molecule has 0 aliphatic rings. The molecule has 0 spiro atoms. The van der Waals surface area contributed by atoms with Crippen LogP contribution in [0.5, 0.6) is 5.75 Å². The molecule has 192 valence electrons. The normalized spacial score (nSPS) is 11.1. The fourth-order valence-electron chi connectivity index (χ4n) is 4.49. The van der Waals surface area contributed by atoms with Crippen molar-refractivity contribution in [2.45, 2.75) is 20.0 Å². The van der Waals surface area contributed by atoms with Gasteiger partial charge in [-0.25, -0.2) is 4.79 Å². The van der Waals surface area contributed by atoms with Crippen LogP contribution >= 0.6 is 11.3 Å². The molecule has 0 radical (unpaired) electrons. The average molecular weight is 529 g/mol. The molecule has 0 saturated carbocycles. The summed E-state index contributed by atoms with van der Waals surface area (Å²) in [5.74, 6) is -0.637. The van der Waals surface area contributed by atoms with Crippen LogP contribution in [0.3, 0.4) is 0 Å². The molecule has 5 rings (SSSR count). The smallest absolute Gasteiger partial charge is 0.332 e. The van der Waals surface area contributed by atoms with Gasteiger partial charge in [0.1, 0.15) is 17.0 Å². The number of thiophene rings is 1. The number of carbonyl (C=O) groups is 2. The van der Waals surface area contributed by atoms with Crippen molar-refractivity contribution in [3.05, 3.63) is 104 Å². The van der Waals surface area contributed by atoms with Crippen LogP contribution in [0.4, 0.5) is 5.69 Å². The number of rotatable bonds is 7. The molecule has 2 aromatic heterocycles. The number of nitrogens with one attached hydrogen (secondary N) is 1. The van der Waals surface area contributed by atoms with E-state index in [1.807, 2.05) is 37.3 Å². The number of methoxy groups -OCH3 is 1. The van der Waals surface area contributed by atoms with E-state index in [1.54, 1.807) is 36.4 Å². The molecule has 0 aliphatic heterocycles. The first-order chi connectivity index (χ1) is 18.3. The average Bonchev–Trinajstić information content (AvgIpc) is 3.30. The van der Waals surface area contributed by atoms with Gasteiger partial charge < -0.3 is 15.8 Å². The van der Waals surface area contributed by atoms with Gasteiger partial charge in [-0.15, -0.1) is 11.3 Å². The van der Waals surface area contributed by atoms with Crippen molar-refractivity contribution in [3.63, 3.8) is 0 Å². The third kappa shape index (κ3) is 4.46. The highest BCUT2D eigenvalue weighted by Crippen LogP contribution is 2.31. The largest absolute Gasteiger partial charge is 0.495 e. The molecule has 2 heterocycles. The zero-order chi connectivity index (χ0) is 27.0. The first-order valence-electron chi connectivity index (χ1n) is 11.8. The van der Waals surface area contributed by atoms with E-state index in [1.165, 1.54) is 23.0 Å². The minimum Gasteiger partial charge on any atom is -0.495 e. The molecule has 0 fully saturated rings. The van der Waals surface area contributed by atoms with E-state index in [9.17, 15) is 19.2 Å². The number of hydrogen-bond donors (Lipinski definition) is 2. The fraction of sp³-hybridized carbons (Fsp3) is 0.143. The van der Waals surface area contributed by atoms with Gasteiger partial charge in [0.15, 0.2) is 0 Å². The monoisotopic (exact) mass is 528 g/mol. The van der Waals surface area contributed by atoms with Gasteiger partial charge >= 0.3 is 5.69 Å². The summed E-state index contributed by atoms with van der Waals surface area (Å²) in [4.78, 5) is 52.5. The summed E-state index contributed by atoms with van der Waals surface area (Å²) >= 11 is 1.25. The lowest BCUT2D eigenvalue weighted by Gasteiger charge is -2.15. The molecule has 0 atom stereocenters. The van der Waals surface area contributed by atoms with E-state index < -0.39 is 23.1 Å². The van der Waals surface area contributed by atoms with Crippen LogP contribution < -0.4 is 27.0 Å². The van der Waals surface area contributed by atoms with Gasteiger partial charge in [-0.2, -0.15) is 0 Å². The predicted molar refractivity (Wildman–Crippen MR) is 148 cm³/mol. The molecule has 2 amide bonds. The number of nitrogens with two attached hydrogens (primary N) is 1. The third-order valence-corrected chi connectivity index (χ3v) is 7.43. The van der Waals surface area contributed by atoms with E-state index in [2.05, 4.69) is 5.32 Å². The van der Waals surface area contributed by atoms with Gasteiger partial charge in [0.2, 0.25) is 11.8 Å². The summed E-state index contributed by atoms with van der Waals surface area (Å²) < 4.78 is 8.87. The Labute approximate surface area is 220 Å². The molecular weight excluding hydrogens is 504 g/mol. The number of aromatic nitrogens is 2.